The third-order valence-electron chi connectivity index (χ3n) is 5.24. The largest absolute Gasteiger partial charge is 0.375 e. The van der Waals surface area contributed by atoms with E-state index in [2.05, 4.69) is 17.1 Å². The van der Waals surface area contributed by atoms with Gasteiger partial charge in [-0.05, 0) is 64.3 Å². The Morgan fingerprint density at radius 1 is 1.14 bits per heavy atom. The van der Waals surface area contributed by atoms with Gasteiger partial charge < -0.3 is 15.0 Å². The smallest absolute Gasteiger partial charge is 0.222 e. The highest BCUT2D eigenvalue weighted by atomic mass is 16.5. The molecule has 120 valence electrons. The molecule has 4 nitrogen and oxygen atoms in total. The number of nitrogens with zero attached hydrogens (tertiary/aromatic N) is 1. The average molecular weight is 294 g/mol. The van der Waals surface area contributed by atoms with E-state index in [-0.39, 0.29) is 0 Å². The van der Waals surface area contributed by atoms with Crippen LogP contribution in [0, 0.1) is 5.92 Å². The number of amides is 1. The summed E-state index contributed by atoms with van der Waals surface area (Å²) in [5, 5.41) is 3.67. The van der Waals surface area contributed by atoms with Gasteiger partial charge in [0.1, 0.15) is 0 Å². The molecule has 1 amide bonds. The van der Waals surface area contributed by atoms with Crippen molar-refractivity contribution in [2.24, 2.45) is 5.92 Å². The van der Waals surface area contributed by atoms with E-state index in [0.29, 0.717) is 30.6 Å². The van der Waals surface area contributed by atoms with Gasteiger partial charge in [-0.3, -0.25) is 4.79 Å². The number of ether oxygens (including phenoxy) is 1. The van der Waals surface area contributed by atoms with Gasteiger partial charge in [0.25, 0.3) is 0 Å². The van der Waals surface area contributed by atoms with E-state index in [1.807, 2.05) is 0 Å². The number of carbonyl (C=O) groups excluding carboxylic acids is 1. The number of hydrogen-bond donors (Lipinski definition) is 1. The summed E-state index contributed by atoms with van der Waals surface area (Å²) in [7, 11) is 0. The lowest BCUT2D eigenvalue weighted by Crippen LogP contribution is -2.45. The molecule has 21 heavy (non-hydrogen) atoms. The van der Waals surface area contributed by atoms with Gasteiger partial charge in [-0.1, -0.05) is 0 Å². The Bertz CT molecular complexity index is 349. The van der Waals surface area contributed by atoms with E-state index >= 15 is 0 Å². The first kappa shape index (κ1) is 15.3. The molecule has 3 rings (SSSR count). The van der Waals surface area contributed by atoms with E-state index in [1.165, 1.54) is 19.4 Å². The topological polar surface area (TPSA) is 41.6 Å². The molecule has 3 fully saturated rings. The maximum Gasteiger partial charge on any atom is 0.222 e. The summed E-state index contributed by atoms with van der Waals surface area (Å²) in [4.78, 5) is 14.3. The van der Waals surface area contributed by atoms with Gasteiger partial charge in [0.15, 0.2) is 0 Å². The second kappa shape index (κ2) is 7.10. The maximum absolute atomic E-state index is 12.3. The van der Waals surface area contributed by atoms with E-state index in [9.17, 15) is 4.79 Å². The molecule has 0 aromatic carbocycles. The minimum atomic E-state index is 0.321. The minimum absolute atomic E-state index is 0.321. The van der Waals surface area contributed by atoms with Crippen molar-refractivity contribution in [2.75, 3.05) is 19.6 Å². The summed E-state index contributed by atoms with van der Waals surface area (Å²) >= 11 is 0. The van der Waals surface area contributed by atoms with Gasteiger partial charge in [-0.25, -0.2) is 0 Å². The number of likely N-dealkylation sites (tertiary alicyclic amines) is 1. The van der Waals surface area contributed by atoms with Crippen molar-refractivity contribution in [1.82, 2.24) is 10.2 Å². The molecular formula is C17H30N2O2. The first-order valence-corrected chi connectivity index (χ1v) is 8.87. The van der Waals surface area contributed by atoms with Crippen LogP contribution in [-0.2, 0) is 9.53 Å². The highest BCUT2D eigenvalue weighted by molar-refractivity contribution is 5.76. The normalized spacial score (nSPS) is 30.8. The number of piperidine rings is 1. The van der Waals surface area contributed by atoms with Crippen molar-refractivity contribution in [3.8, 4) is 0 Å². The van der Waals surface area contributed by atoms with Crippen molar-refractivity contribution in [1.29, 1.82) is 0 Å². The summed E-state index contributed by atoms with van der Waals surface area (Å²) in [6, 6.07) is 0.633. The highest BCUT2D eigenvalue weighted by Crippen LogP contribution is 2.28. The quantitative estimate of drug-likeness (QED) is 0.817. The van der Waals surface area contributed by atoms with Crippen LogP contribution in [0.4, 0.5) is 0 Å². The zero-order valence-electron chi connectivity index (χ0n) is 13.4. The molecule has 2 heterocycles. The third-order valence-corrected chi connectivity index (χ3v) is 5.24. The lowest BCUT2D eigenvalue weighted by molar-refractivity contribution is -0.133. The second-order valence-corrected chi connectivity index (χ2v) is 7.19. The van der Waals surface area contributed by atoms with E-state index in [4.69, 9.17) is 4.74 Å². The Morgan fingerprint density at radius 3 is 2.52 bits per heavy atom. The molecule has 0 radical (unpaired) electrons. The maximum atomic E-state index is 12.3. The second-order valence-electron chi connectivity index (χ2n) is 7.19. The van der Waals surface area contributed by atoms with Crippen LogP contribution in [-0.4, -0.2) is 48.7 Å². The van der Waals surface area contributed by atoms with Crippen LogP contribution in [0.5, 0.6) is 0 Å². The van der Waals surface area contributed by atoms with Gasteiger partial charge in [0.2, 0.25) is 5.91 Å². The molecule has 1 aliphatic carbocycles. The molecule has 0 aromatic rings. The molecule has 3 aliphatic rings. The van der Waals surface area contributed by atoms with Crippen LogP contribution in [0.25, 0.3) is 0 Å². The summed E-state index contributed by atoms with van der Waals surface area (Å²) in [5.74, 6) is 1.28. The molecule has 1 saturated carbocycles. The first-order valence-electron chi connectivity index (χ1n) is 8.87. The van der Waals surface area contributed by atoms with Gasteiger partial charge in [0.05, 0.1) is 12.2 Å². The van der Waals surface area contributed by atoms with Crippen molar-refractivity contribution in [3.63, 3.8) is 0 Å². The summed E-state index contributed by atoms with van der Waals surface area (Å²) in [5.41, 5.74) is 0. The van der Waals surface area contributed by atoms with Gasteiger partial charge in [0, 0.05) is 25.6 Å². The molecule has 2 atom stereocenters. The number of carbonyl (C=O) groups is 1. The molecule has 1 N–H and O–H groups in total. The average Bonchev–Trinajstić information content (AvgIpc) is 3.24. The number of hydrogen-bond acceptors (Lipinski definition) is 3. The first-order chi connectivity index (χ1) is 10.2. The third kappa shape index (κ3) is 4.68. The Balaban J connectivity index is 1.30. The highest BCUT2D eigenvalue weighted by Gasteiger charge is 2.27. The van der Waals surface area contributed by atoms with Gasteiger partial charge in [-0.2, -0.15) is 0 Å². The van der Waals surface area contributed by atoms with Crippen LogP contribution in [0.3, 0.4) is 0 Å². The van der Waals surface area contributed by atoms with Crippen LogP contribution >= 0.6 is 0 Å². The van der Waals surface area contributed by atoms with E-state index in [0.717, 1.165) is 51.1 Å². The molecule has 0 spiro atoms. The van der Waals surface area contributed by atoms with E-state index < -0.39 is 0 Å². The summed E-state index contributed by atoms with van der Waals surface area (Å²) in [6.45, 7) is 5.18. The van der Waals surface area contributed by atoms with Crippen LogP contribution in [0.1, 0.15) is 58.3 Å². The molecule has 0 bridgehead atoms. The fourth-order valence-electron chi connectivity index (χ4n) is 3.53. The molecule has 2 saturated heterocycles. The molecule has 0 aromatic heterocycles. The minimum Gasteiger partial charge on any atom is -0.375 e. The fourth-order valence-corrected chi connectivity index (χ4v) is 3.53. The Morgan fingerprint density at radius 2 is 1.90 bits per heavy atom. The summed E-state index contributed by atoms with van der Waals surface area (Å²) < 4.78 is 5.80. The zero-order chi connectivity index (χ0) is 14.7. The predicted molar refractivity (Wildman–Crippen MR) is 83.1 cm³/mol. The van der Waals surface area contributed by atoms with Crippen molar-refractivity contribution in [2.45, 2.75) is 76.5 Å². The number of nitrogens with one attached hydrogen (secondary N) is 1. The fraction of sp³-hybridized carbons (Fsp3) is 0.941. The monoisotopic (exact) mass is 294 g/mol. The Hall–Kier alpha value is -0.610. The standard InChI is InChI=1S/C17H30N2O2/c1-13-2-5-16(21-13)6-7-17(20)19-10-8-15(9-11-19)18-12-14-3-4-14/h13-16,18H,2-12H2,1H3. The lowest BCUT2D eigenvalue weighted by atomic mass is 10.0. The Kier molecular flexibility index (Phi) is 5.17. The predicted octanol–water partition coefficient (Wildman–Crippen LogP) is 2.32. The van der Waals surface area contributed by atoms with Crippen LogP contribution < -0.4 is 5.32 Å². The van der Waals surface area contributed by atoms with Gasteiger partial charge in [-0.15, -0.1) is 0 Å². The van der Waals surface area contributed by atoms with Crippen molar-refractivity contribution < 1.29 is 9.53 Å². The SMILES string of the molecule is CC1CCC(CCC(=O)N2CCC(NCC3CC3)CC2)O1. The number of rotatable bonds is 6. The van der Waals surface area contributed by atoms with Crippen molar-refractivity contribution in [3.05, 3.63) is 0 Å². The van der Waals surface area contributed by atoms with Crippen LogP contribution in [0.2, 0.25) is 0 Å². The molecular weight excluding hydrogens is 264 g/mol. The van der Waals surface area contributed by atoms with Gasteiger partial charge >= 0.3 is 0 Å². The van der Waals surface area contributed by atoms with Crippen LogP contribution in [0.15, 0.2) is 0 Å². The lowest BCUT2D eigenvalue weighted by Gasteiger charge is -2.33. The van der Waals surface area contributed by atoms with E-state index in [1.54, 1.807) is 0 Å². The molecule has 2 aliphatic heterocycles. The van der Waals surface area contributed by atoms with Crippen molar-refractivity contribution >= 4 is 5.91 Å². The zero-order valence-corrected chi connectivity index (χ0v) is 13.4. The molecule has 2 unspecified atom stereocenters. The summed E-state index contributed by atoms with van der Waals surface area (Å²) in [6.07, 6.45) is 9.61. The Labute approximate surface area is 128 Å². The molecule has 4 heteroatoms.